The number of amides is 2. The highest BCUT2D eigenvalue weighted by Gasteiger charge is 2.47. The molecule has 0 unspecified atom stereocenters. The zero-order valence-corrected chi connectivity index (χ0v) is 23.8. The number of nitrogens with one attached hydrogen (secondary N) is 1. The number of hydrogen-bond acceptors (Lipinski definition) is 5. The third-order valence-corrected chi connectivity index (χ3v) is 10.2. The van der Waals surface area contributed by atoms with Crippen LogP contribution in [0.4, 0.5) is 0 Å². The number of carbonyl (C=O) groups is 2. The molecule has 0 bridgehead atoms. The van der Waals surface area contributed by atoms with Gasteiger partial charge in [-0.3, -0.25) is 9.59 Å². The molecule has 2 aromatic rings. The molecule has 5 rings (SSSR count). The summed E-state index contributed by atoms with van der Waals surface area (Å²) in [5.41, 5.74) is 1.83. The maximum atomic E-state index is 13.5. The Morgan fingerprint density at radius 2 is 1.62 bits per heavy atom. The molecule has 0 radical (unpaired) electrons. The van der Waals surface area contributed by atoms with Crippen LogP contribution >= 0.6 is 0 Å². The second-order valence-electron chi connectivity index (χ2n) is 11.8. The third-order valence-electron chi connectivity index (χ3n) is 9.12. The average molecular weight is 552 g/mol. The van der Waals surface area contributed by atoms with Crippen LogP contribution in [-0.4, -0.2) is 62.5 Å². The Hall–Kier alpha value is -2.71. The molecule has 1 saturated carbocycles. The predicted molar refractivity (Wildman–Crippen MR) is 152 cm³/mol. The minimum Gasteiger partial charge on any atom is -0.349 e. The van der Waals surface area contributed by atoms with Gasteiger partial charge in [0, 0.05) is 31.8 Å². The number of likely N-dealkylation sites (tertiary alicyclic amines) is 2. The van der Waals surface area contributed by atoms with Crippen molar-refractivity contribution in [3.8, 4) is 0 Å². The first-order valence-electron chi connectivity index (χ1n) is 14.4. The van der Waals surface area contributed by atoms with E-state index in [9.17, 15) is 18.0 Å². The molecule has 2 aliphatic heterocycles. The number of hydrogen-bond donors (Lipinski definition) is 1. The molecule has 2 aromatic carbocycles. The highest BCUT2D eigenvalue weighted by molar-refractivity contribution is 7.90. The fourth-order valence-corrected chi connectivity index (χ4v) is 7.20. The highest BCUT2D eigenvalue weighted by atomic mass is 32.2. The summed E-state index contributed by atoms with van der Waals surface area (Å²) in [5.74, 6) is 0.585. The van der Waals surface area contributed by atoms with E-state index in [0.29, 0.717) is 11.4 Å². The van der Waals surface area contributed by atoms with Crippen LogP contribution in [0.1, 0.15) is 68.5 Å². The fraction of sp³-hybridized carbons (Fsp3) is 0.548. The van der Waals surface area contributed by atoms with Gasteiger partial charge in [0.2, 0.25) is 11.8 Å². The van der Waals surface area contributed by atoms with E-state index in [1.165, 1.54) is 6.26 Å². The summed E-state index contributed by atoms with van der Waals surface area (Å²) in [6.07, 6.45) is 8.96. The Morgan fingerprint density at radius 3 is 2.26 bits per heavy atom. The molecular formula is C31H41N3O4S. The van der Waals surface area contributed by atoms with Gasteiger partial charge in [-0.2, -0.15) is 0 Å². The van der Waals surface area contributed by atoms with E-state index >= 15 is 0 Å². The Morgan fingerprint density at radius 1 is 0.974 bits per heavy atom. The lowest BCUT2D eigenvalue weighted by Crippen LogP contribution is -2.45. The molecule has 2 heterocycles. The second-order valence-corrected chi connectivity index (χ2v) is 13.8. The molecule has 1 N–H and O–H groups in total. The van der Waals surface area contributed by atoms with Crippen molar-refractivity contribution in [3.05, 3.63) is 65.7 Å². The Labute approximate surface area is 232 Å². The van der Waals surface area contributed by atoms with Crippen molar-refractivity contribution in [1.29, 1.82) is 0 Å². The van der Waals surface area contributed by atoms with E-state index in [0.717, 1.165) is 88.7 Å². The number of benzene rings is 2. The molecule has 0 aromatic heterocycles. The molecule has 2 saturated heterocycles. The van der Waals surface area contributed by atoms with Crippen molar-refractivity contribution >= 4 is 21.7 Å². The van der Waals surface area contributed by atoms with Crippen molar-refractivity contribution in [1.82, 2.24) is 15.1 Å². The minimum absolute atomic E-state index is 0.00729. The maximum absolute atomic E-state index is 13.5. The second kappa shape index (κ2) is 11.8. The first-order chi connectivity index (χ1) is 18.7. The van der Waals surface area contributed by atoms with Crippen molar-refractivity contribution in [3.63, 3.8) is 0 Å². The van der Waals surface area contributed by atoms with Gasteiger partial charge >= 0.3 is 0 Å². The summed E-state index contributed by atoms with van der Waals surface area (Å²) in [5, 5.41) is 3.35. The molecule has 1 spiro atoms. The summed E-state index contributed by atoms with van der Waals surface area (Å²) in [7, 11) is -3.23. The Balaban J connectivity index is 1.14. The van der Waals surface area contributed by atoms with Gasteiger partial charge in [0.05, 0.1) is 16.4 Å². The van der Waals surface area contributed by atoms with Crippen molar-refractivity contribution in [2.24, 2.45) is 11.3 Å². The average Bonchev–Trinajstić information content (AvgIpc) is 3.58. The summed E-state index contributed by atoms with van der Waals surface area (Å²) < 4.78 is 23.5. The van der Waals surface area contributed by atoms with E-state index < -0.39 is 9.84 Å². The molecule has 7 nitrogen and oxygen atoms in total. The van der Waals surface area contributed by atoms with Gasteiger partial charge in [-0.15, -0.1) is 0 Å². The van der Waals surface area contributed by atoms with Gasteiger partial charge < -0.3 is 15.1 Å². The van der Waals surface area contributed by atoms with Crippen molar-refractivity contribution < 1.29 is 18.0 Å². The van der Waals surface area contributed by atoms with Crippen molar-refractivity contribution in [2.45, 2.75) is 68.8 Å². The van der Waals surface area contributed by atoms with E-state index in [2.05, 4.69) is 22.3 Å². The van der Waals surface area contributed by atoms with Gasteiger partial charge in [-0.25, -0.2) is 8.42 Å². The molecule has 8 heteroatoms. The number of carbonyl (C=O) groups excluding carboxylic acids is 2. The normalized spacial score (nSPS) is 20.9. The van der Waals surface area contributed by atoms with E-state index in [-0.39, 0.29) is 29.2 Å². The minimum atomic E-state index is -3.23. The van der Waals surface area contributed by atoms with Gasteiger partial charge in [0.1, 0.15) is 0 Å². The van der Waals surface area contributed by atoms with Gasteiger partial charge in [-0.1, -0.05) is 55.3 Å². The van der Waals surface area contributed by atoms with E-state index in [4.69, 9.17) is 0 Å². The molecular weight excluding hydrogens is 510 g/mol. The highest BCUT2D eigenvalue weighted by Crippen LogP contribution is 2.42. The summed E-state index contributed by atoms with van der Waals surface area (Å²) in [6, 6.07) is 17.2. The van der Waals surface area contributed by atoms with Gasteiger partial charge in [0.15, 0.2) is 9.84 Å². The summed E-state index contributed by atoms with van der Waals surface area (Å²) >= 11 is 0. The number of piperidine rings is 1. The monoisotopic (exact) mass is 551 g/mol. The van der Waals surface area contributed by atoms with Crippen molar-refractivity contribution in [2.75, 3.05) is 32.4 Å². The largest absolute Gasteiger partial charge is 0.349 e. The number of rotatable bonds is 9. The quantitative estimate of drug-likeness (QED) is 0.501. The molecule has 39 heavy (non-hydrogen) atoms. The van der Waals surface area contributed by atoms with Gasteiger partial charge in [-0.05, 0) is 74.9 Å². The molecule has 1 aliphatic carbocycles. The lowest BCUT2D eigenvalue weighted by molar-refractivity contribution is -0.139. The lowest BCUT2D eigenvalue weighted by Gasteiger charge is -2.38. The Bertz CT molecular complexity index is 1250. The smallest absolute Gasteiger partial charge is 0.229 e. The van der Waals surface area contributed by atoms with Crippen LogP contribution in [0.5, 0.6) is 0 Å². The zero-order valence-electron chi connectivity index (χ0n) is 23.0. The van der Waals surface area contributed by atoms with Crippen LogP contribution in [-0.2, 0) is 26.0 Å². The number of sulfone groups is 1. The number of nitrogens with zero attached hydrogens (tertiary/aromatic N) is 2. The maximum Gasteiger partial charge on any atom is 0.229 e. The Kier molecular flexibility index (Phi) is 8.43. The first kappa shape index (κ1) is 27.8. The molecule has 3 aliphatic rings. The van der Waals surface area contributed by atoms with Crippen LogP contribution in [0.25, 0.3) is 0 Å². The fourth-order valence-electron chi connectivity index (χ4n) is 6.57. The van der Waals surface area contributed by atoms with Gasteiger partial charge in [0.25, 0.3) is 0 Å². The van der Waals surface area contributed by atoms with Crippen LogP contribution in [0.2, 0.25) is 0 Å². The molecule has 2 amide bonds. The summed E-state index contributed by atoms with van der Waals surface area (Å²) in [4.78, 5) is 31.1. The van der Waals surface area contributed by atoms with E-state index in [1.54, 1.807) is 12.1 Å². The predicted octanol–water partition coefficient (Wildman–Crippen LogP) is 4.34. The van der Waals surface area contributed by atoms with Crippen LogP contribution in [0.3, 0.4) is 0 Å². The van der Waals surface area contributed by atoms with E-state index in [1.807, 2.05) is 35.2 Å². The topological polar surface area (TPSA) is 86.8 Å². The van der Waals surface area contributed by atoms with Crippen LogP contribution in [0, 0.1) is 11.3 Å². The SMILES string of the molecule is CS(=O)(=O)c1ccc(CN2CCC3(CCN(CC[C@H](NC(=O)C4CCCC4)c4ccccc4)CC3)C2=O)cc1. The summed E-state index contributed by atoms with van der Waals surface area (Å²) in [6.45, 7) is 3.94. The van der Waals surface area contributed by atoms with Crippen LogP contribution < -0.4 is 5.32 Å². The standard InChI is InChI=1S/C31H41N3O4S/c1-39(37,38)27-13-11-24(12-14-27)23-34-22-18-31(30(34)36)16-20-33(21-17-31)19-15-28(25-7-3-2-4-8-25)32-29(35)26-9-5-6-10-26/h2-4,7-8,11-14,26,28H,5-6,9-10,15-23H2,1H3,(H,32,35)/t28-/m0/s1. The lowest BCUT2D eigenvalue weighted by atomic mass is 9.77. The zero-order chi connectivity index (χ0) is 27.5. The molecule has 3 fully saturated rings. The molecule has 1 atom stereocenters. The first-order valence-corrected chi connectivity index (χ1v) is 16.3. The molecule has 210 valence electrons. The van der Waals surface area contributed by atoms with Crippen LogP contribution in [0.15, 0.2) is 59.5 Å². The third kappa shape index (κ3) is 6.55.